The maximum Gasteiger partial charge on any atom is 0.255 e. The SMILES string of the molecule is COc1nc(N[C@H]2CCN(C(C)=O)C[C@H]2F)nn2cc(F)c(-c3ccc(N=N)c(NCC(F)F)c3)c12. The third-order valence-electron chi connectivity index (χ3n) is 5.90. The van der Waals surface area contributed by atoms with Crippen LogP contribution in [0.3, 0.4) is 0 Å². The highest BCUT2D eigenvalue weighted by molar-refractivity contribution is 5.88. The van der Waals surface area contributed by atoms with E-state index in [1.165, 1.54) is 41.6 Å². The van der Waals surface area contributed by atoms with E-state index in [4.69, 9.17) is 10.3 Å². The first-order chi connectivity index (χ1) is 17.2. The number of hydrogen-bond acceptors (Lipinski definition) is 8. The Balaban J connectivity index is 1.69. The summed E-state index contributed by atoms with van der Waals surface area (Å²) in [5.41, 5.74) is 8.00. The van der Waals surface area contributed by atoms with Gasteiger partial charge in [-0.2, -0.15) is 10.1 Å². The molecule has 10 nitrogen and oxygen atoms in total. The molecule has 1 aliphatic rings. The Hall–Kier alpha value is -3.97. The van der Waals surface area contributed by atoms with Crippen LogP contribution in [-0.4, -0.2) is 70.8 Å². The van der Waals surface area contributed by atoms with Gasteiger partial charge < -0.3 is 20.3 Å². The zero-order valence-electron chi connectivity index (χ0n) is 19.4. The van der Waals surface area contributed by atoms with Gasteiger partial charge in [-0.15, -0.1) is 5.10 Å². The van der Waals surface area contributed by atoms with E-state index in [9.17, 15) is 18.0 Å². The maximum absolute atomic E-state index is 15.1. The van der Waals surface area contributed by atoms with E-state index < -0.39 is 31.0 Å². The molecule has 36 heavy (non-hydrogen) atoms. The van der Waals surface area contributed by atoms with Crippen molar-refractivity contribution in [2.24, 2.45) is 5.11 Å². The number of hydrogen-bond donors (Lipinski definition) is 3. The molecule has 0 bridgehead atoms. The monoisotopic (exact) mass is 508 g/mol. The number of anilines is 2. The first-order valence-corrected chi connectivity index (χ1v) is 11.0. The van der Waals surface area contributed by atoms with Gasteiger partial charge in [-0.25, -0.2) is 27.6 Å². The number of likely N-dealkylation sites (tertiary alicyclic amines) is 1. The number of aromatic nitrogens is 3. The molecule has 2 aromatic heterocycles. The lowest BCUT2D eigenvalue weighted by Crippen LogP contribution is -2.49. The second-order valence-corrected chi connectivity index (χ2v) is 8.23. The van der Waals surface area contributed by atoms with Crippen molar-refractivity contribution >= 4 is 28.7 Å². The lowest BCUT2D eigenvalue weighted by molar-refractivity contribution is -0.131. The van der Waals surface area contributed by atoms with Crippen LogP contribution in [0.25, 0.3) is 16.6 Å². The number of carbonyl (C=O) groups excluding carboxylic acids is 1. The van der Waals surface area contributed by atoms with Crippen LogP contribution in [0.15, 0.2) is 29.5 Å². The Bertz CT molecular complexity index is 1280. The van der Waals surface area contributed by atoms with Crippen LogP contribution in [-0.2, 0) is 4.79 Å². The van der Waals surface area contributed by atoms with Crippen molar-refractivity contribution < 1.29 is 27.1 Å². The second-order valence-electron chi connectivity index (χ2n) is 8.23. The predicted octanol–water partition coefficient (Wildman–Crippen LogP) is 4.25. The van der Waals surface area contributed by atoms with Gasteiger partial charge in [0.1, 0.15) is 17.4 Å². The van der Waals surface area contributed by atoms with E-state index in [1.807, 2.05) is 0 Å². The Morgan fingerprint density at radius 3 is 2.81 bits per heavy atom. The first-order valence-electron chi connectivity index (χ1n) is 11.0. The number of methoxy groups -OCH3 is 1. The number of halogens is 4. The summed E-state index contributed by atoms with van der Waals surface area (Å²) in [6.07, 6.45) is -2.57. The summed E-state index contributed by atoms with van der Waals surface area (Å²) in [5.74, 6) is -0.886. The average Bonchev–Trinajstić information content (AvgIpc) is 3.18. The number of nitrogens with zero attached hydrogens (tertiary/aromatic N) is 5. The molecular weight excluding hydrogens is 484 g/mol. The zero-order chi connectivity index (χ0) is 26.0. The van der Waals surface area contributed by atoms with E-state index >= 15 is 4.39 Å². The molecule has 1 amide bonds. The molecule has 3 N–H and O–H groups in total. The highest BCUT2D eigenvalue weighted by atomic mass is 19.3. The number of benzene rings is 1. The number of nitrogens with one attached hydrogen (secondary N) is 3. The molecule has 0 radical (unpaired) electrons. The topological polar surface area (TPSA) is 120 Å². The third kappa shape index (κ3) is 5.02. The van der Waals surface area contributed by atoms with E-state index in [-0.39, 0.29) is 46.7 Å². The molecule has 3 aromatic rings. The first kappa shape index (κ1) is 25.1. The molecule has 2 atom stereocenters. The molecule has 0 spiro atoms. The molecule has 1 aromatic carbocycles. The van der Waals surface area contributed by atoms with Crippen LogP contribution < -0.4 is 15.4 Å². The van der Waals surface area contributed by atoms with Crippen LogP contribution in [0.2, 0.25) is 0 Å². The molecule has 14 heteroatoms. The molecule has 192 valence electrons. The minimum Gasteiger partial charge on any atom is -0.479 e. The predicted molar refractivity (Wildman–Crippen MR) is 123 cm³/mol. The summed E-state index contributed by atoms with van der Waals surface area (Å²) in [7, 11) is 1.34. The Morgan fingerprint density at radius 2 is 2.17 bits per heavy atom. The minimum absolute atomic E-state index is 0.000625. The summed E-state index contributed by atoms with van der Waals surface area (Å²) < 4.78 is 61.8. The Labute approximate surface area is 203 Å². The lowest BCUT2D eigenvalue weighted by atomic mass is 10.0. The largest absolute Gasteiger partial charge is 0.479 e. The van der Waals surface area contributed by atoms with Crippen LogP contribution >= 0.6 is 0 Å². The van der Waals surface area contributed by atoms with Crippen molar-refractivity contribution in [3.63, 3.8) is 0 Å². The number of fused-ring (bicyclic) bond motifs is 1. The normalized spacial score (nSPS) is 17.9. The van der Waals surface area contributed by atoms with Crippen molar-refractivity contribution in [3.05, 3.63) is 30.2 Å². The maximum atomic E-state index is 15.1. The van der Waals surface area contributed by atoms with Gasteiger partial charge in [0.2, 0.25) is 17.7 Å². The van der Waals surface area contributed by atoms with Crippen molar-refractivity contribution in [2.75, 3.05) is 37.4 Å². The third-order valence-corrected chi connectivity index (χ3v) is 5.90. The fourth-order valence-corrected chi connectivity index (χ4v) is 4.14. The van der Waals surface area contributed by atoms with Gasteiger partial charge in [-0.1, -0.05) is 6.07 Å². The van der Waals surface area contributed by atoms with Crippen LogP contribution in [0.1, 0.15) is 13.3 Å². The van der Waals surface area contributed by atoms with E-state index in [0.717, 1.165) is 6.20 Å². The molecule has 3 heterocycles. The summed E-state index contributed by atoms with van der Waals surface area (Å²) >= 11 is 0. The molecule has 1 aliphatic heterocycles. The van der Waals surface area contributed by atoms with Crippen LogP contribution in [0, 0.1) is 11.3 Å². The van der Waals surface area contributed by atoms with Crippen molar-refractivity contribution in [3.8, 4) is 17.0 Å². The number of amides is 1. The summed E-state index contributed by atoms with van der Waals surface area (Å²) in [6, 6.07) is 3.63. The van der Waals surface area contributed by atoms with Crippen molar-refractivity contribution in [2.45, 2.75) is 32.0 Å². The number of piperidine rings is 1. The van der Waals surface area contributed by atoms with E-state index in [2.05, 4.69) is 25.8 Å². The number of rotatable bonds is 8. The van der Waals surface area contributed by atoms with E-state index in [1.54, 1.807) is 0 Å². The van der Waals surface area contributed by atoms with Gasteiger partial charge >= 0.3 is 0 Å². The Kier molecular flexibility index (Phi) is 7.22. The standard InChI is InChI=1S/C22H24F4N8O2/c1-11(35)33-6-5-15(13(23)9-33)29-22-30-21(36-2)20-19(14(24)10-34(20)32-22)12-3-4-16(31-27)17(7-12)28-8-18(25)26/h3-4,7,10,13,15,18,27-28H,5-6,8-9H2,1-2H3,(H,29,32)/t13-,15+/m1/s1. The number of ether oxygens (including phenoxy) is 1. The zero-order valence-corrected chi connectivity index (χ0v) is 19.4. The Morgan fingerprint density at radius 1 is 1.39 bits per heavy atom. The summed E-state index contributed by atoms with van der Waals surface area (Å²) in [6.45, 7) is 1.02. The molecule has 0 unspecified atom stereocenters. The van der Waals surface area contributed by atoms with Gasteiger partial charge in [0, 0.05) is 13.5 Å². The lowest BCUT2D eigenvalue weighted by Gasteiger charge is -2.34. The molecular formula is C22H24F4N8O2. The van der Waals surface area contributed by atoms with Gasteiger partial charge in [-0.3, -0.25) is 4.79 Å². The molecule has 4 rings (SSSR count). The highest BCUT2D eigenvalue weighted by Crippen LogP contribution is 2.38. The molecule has 0 aliphatic carbocycles. The van der Waals surface area contributed by atoms with E-state index in [0.29, 0.717) is 18.5 Å². The van der Waals surface area contributed by atoms with Gasteiger partial charge in [0.25, 0.3) is 6.43 Å². The molecule has 0 saturated carbocycles. The summed E-state index contributed by atoms with van der Waals surface area (Å²) in [4.78, 5) is 17.2. The fourth-order valence-electron chi connectivity index (χ4n) is 4.14. The smallest absolute Gasteiger partial charge is 0.255 e. The quantitative estimate of drug-likeness (QED) is 0.309. The van der Waals surface area contributed by atoms with Crippen molar-refractivity contribution in [1.82, 2.24) is 19.5 Å². The molecule has 1 saturated heterocycles. The fraction of sp³-hybridized carbons (Fsp3) is 0.409. The summed E-state index contributed by atoms with van der Waals surface area (Å²) in [5, 5.41) is 13.0. The van der Waals surface area contributed by atoms with Crippen LogP contribution in [0.5, 0.6) is 5.88 Å². The number of carbonyl (C=O) groups is 1. The number of alkyl halides is 3. The van der Waals surface area contributed by atoms with Gasteiger partial charge in [0.15, 0.2) is 5.82 Å². The van der Waals surface area contributed by atoms with Crippen molar-refractivity contribution in [1.29, 1.82) is 5.53 Å². The van der Waals surface area contributed by atoms with Gasteiger partial charge in [0.05, 0.1) is 43.7 Å². The van der Waals surface area contributed by atoms with Gasteiger partial charge in [-0.05, 0) is 24.1 Å². The minimum atomic E-state index is -2.64. The highest BCUT2D eigenvalue weighted by Gasteiger charge is 2.31. The average molecular weight is 508 g/mol. The molecule has 1 fully saturated rings. The van der Waals surface area contributed by atoms with Crippen LogP contribution in [0.4, 0.5) is 34.9 Å². The second kappa shape index (κ2) is 10.3.